The Bertz CT molecular complexity index is 958. The Morgan fingerprint density at radius 1 is 1.22 bits per heavy atom. The van der Waals surface area contributed by atoms with Crippen molar-refractivity contribution in [2.24, 2.45) is 0 Å². The summed E-state index contributed by atoms with van der Waals surface area (Å²) in [6, 6.07) is 5.06. The fraction of sp³-hybridized carbons (Fsp3) is 0.474. The number of nitrogens with one attached hydrogen (secondary N) is 1. The Morgan fingerprint density at radius 2 is 1.96 bits per heavy atom. The largest absolute Gasteiger partial charge is 0.321 e. The summed E-state index contributed by atoms with van der Waals surface area (Å²) in [6.45, 7) is 2.90. The molecule has 2 heterocycles. The smallest absolute Gasteiger partial charge is 0.267 e. The number of benzene rings is 1. The zero-order valence-electron chi connectivity index (χ0n) is 15.3. The second-order valence-electron chi connectivity index (χ2n) is 7.24. The SMILES string of the molecule is Cc1ccc(NC(=O)c2cnc(C3CC3)s2)cc1S(=O)(=O)N1CCCCC1. The Morgan fingerprint density at radius 3 is 2.67 bits per heavy atom. The molecule has 0 bridgehead atoms. The fourth-order valence-corrected chi connectivity index (χ4v) is 6.05. The van der Waals surface area contributed by atoms with E-state index in [0.717, 1.165) is 37.1 Å². The van der Waals surface area contributed by atoms with Gasteiger partial charge in [0, 0.05) is 24.7 Å². The normalized spacial score (nSPS) is 18.4. The quantitative estimate of drug-likeness (QED) is 0.821. The number of hydrogen-bond acceptors (Lipinski definition) is 5. The topological polar surface area (TPSA) is 79.4 Å². The number of piperidine rings is 1. The van der Waals surface area contributed by atoms with E-state index in [1.807, 2.05) is 0 Å². The number of hydrogen-bond donors (Lipinski definition) is 1. The van der Waals surface area contributed by atoms with Crippen LogP contribution in [0.1, 0.15) is 58.3 Å². The van der Waals surface area contributed by atoms with Gasteiger partial charge in [0.15, 0.2) is 0 Å². The molecule has 1 N–H and O–H groups in total. The van der Waals surface area contributed by atoms with Gasteiger partial charge in [0.05, 0.1) is 16.1 Å². The zero-order valence-corrected chi connectivity index (χ0v) is 16.9. The lowest BCUT2D eigenvalue weighted by Crippen LogP contribution is -2.36. The Kier molecular flexibility index (Phi) is 5.05. The molecule has 1 saturated carbocycles. The van der Waals surface area contributed by atoms with Gasteiger partial charge in [0.1, 0.15) is 4.88 Å². The van der Waals surface area contributed by atoms with Gasteiger partial charge in [0.2, 0.25) is 10.0 Å². The van der Waals surface area contributed by atoms with Crippen molar-refractivity contribution in [3.63, 3.8) is 0 Å². The van der Waals surface area contributed by atoms with Crippen LogP contribution < -0.4 is 5.32 Å². The Labute approximate surface area is 163 Å². The standard InChI is InChI=1S/C19H23N3O3S2/c1-13-5-8-15(11-17(13)27(24,25)22-9-3-2-4-10-22)21-18(23)16-12-20-19(26-16)14-6-7-14/h5,8,11-12,14H,2-4,6-7,9-10H2,1H3,(H,21,23). The Balaban J connectivity index is 1.55. The molecular weight excluding hydrogens is 382 g/mol. The van der Waals surface area contributed by atoms with Crippen LogP contribution in [0.3, 0.4) is 0 Å². The summed E-state index contributed by atoms with van der Waals surface area (Å²) in [4.78, 5) is 17.7. The molecule has 0 atom stereocenters. The van der Waals surface area contributed by atoms with Crippen LogP contribution in [0.5, 0.6) is 0 Å². The van der Waals surface area contributed by atoms with Crippen molar-refractivity contribution in [1.82, 2.24) is 9.29 Å². The van der Waals surface area contributed by atoms with Gasteiger partial charge in [-0.3, -0.25) is 4.79 Å². The molecular formula is C19H23N3O3S2. The Hall–Kier alpha value is -1.77. The summed E-state index contributed by atoms with van der Waals surface area (Å²) >= 11 is 1.42. The van der Waals surface area contributed by atoms with E-state index in [-0.39, 0.29) is 10.8 Å². The number of nitrogens with zero attached hydrogens (tertiary/aromatic N) is 2. The first kappa shape index (κ1) is 18.6. The highest BCUT2D eigenvalue weighted by atomic mass is 32.2. The van der Waals surface area contributed by atoms with Crippen LogP contribution in [-0.4, -0.2) is 36.7 Å². The molecule has 1 aliphatic heterocycles. The highest BCUT2D eigenvalue weighted by Crippen LogP contribution is 2.41. The van der Waals surface area contributed by atoms with E-state index in [2.05, 4.69) is 10.3 Å². The van der Waals surface area contributed by atoms with E-state index in [4.69, 9.17) is 0 Å². The van der Waals surface area contributed by atoms with Gasteiger partial charge in [-0.05, 0) is 50.3 Å². The van der Waals surface area contributed by atoms with Gasteiger partial charge in [0.25, 0.3) is 5.91 Å². The van der Waals surface area contributed by atoms with E-state index in [1.165, 1.54) is 11.3 Å². The van der Waals surface area contributed by atoms with Gasteiger partial charge in [-0.15, -0.1) is 11.3 Å². The number of aryl methyl sites for hydroxylation is 1. The van der Waals surface area contributed by atoms with Crippen molar-refractivity contribution in [3.8, 4) is 0 Å². The molecule has 27 heavy (non-hydrogen) atoms. The number of anilines is 1. The van der Waals surface area contributed by atoms with E-state index in [0.29, 0.717) is 35.1 Å². The zero-order chi connectivity index (χ0) is 19.0. The number of thiazole rings is 1. The second-order valence-corrected chi connectivity index (χ2v) is 10.2. The van der Waals surface area contributed by atoms with Crippen LogP contribution in [0.4, 0.5) is 5.69 Å². The predicted molar refractivity (Wildman–Crippen MR) is 106 cm³/mol. The number of amides is 1. The maximum atomic E-state index is 13.0. The minimum atomic E-state index is -3.54. The maximum Gasteiger partial charge on any atom is 0.267 e. The van der Waals surface area contributed by atoms with Gasteiger partial charge in [-0.25, -0.2) is 13.4 Å². The van der Waals surface area contributed by atoms with Crippen molar-refractivity contribution in [2.45, 2.75) is 49.8 Å². The van der Waals surface area contributed by atoms with Gasteiger partial charge >= 0.3 is 0 Å². The van der Waals surface area contributed by atoms with Crippen molar-refractivity contribution < 1.29 is 13.2 Å². The van der Waals surface area contributed by atoms with Crippen LogP contribution in [0.25, 0.3) is 0 Å². The van der Waals surface area contributed by atoms with Crippen LogP contribution in [0.15, 0.2) is 29.3 Å². The maximum absolute atomic E-state index is 13.0. The van der Waals surface area contributed by atoms with Gasteiger partial charge in [-0.1, -0.05) is 12.5 Å². The molecule has 1 saturated heterocycles. The molecule has 1 aromatic carbocycles. The highest BCUT2D eigenvalue weighted by Gasteiger charge is 2.29. The molecule has 1 aromatic heterocycles. The minimum absolute atomic E-state index is 0.246. The highest BCUT2D eigenvalue weighted by molar-refractivity contribution is 7.89. The summed E-state index contributed by atoms with van der Waals surface area (Å²) in [6.07, 6.45) is 6.74. The number of aromatic nitrogens is 1. The molecule has 2 aliphatic rings. The lowest BCUT2D eigenvalue weighted by Gasteiger charge is -2.26. The van der Waals surface area contributed by atoms with Crippen molar-refractivity contribution >= 4 is 33.0 Å². The van der Waals surface area contributed by atoms with Crippen molar-refractivity contribution in [1.29, 1.82) is 0 Å². The molecule has 144 valence electrons. The molecule has 2 fully saturated rings. The molecule has 0 radical (unpaired) electrons. The number of carbonyl (C=O) groups excluding carboxylic acids is 1. The van der Waals surface area contributed by atoms with Crippen LogP contribution in [-0.2, 0) is 10.0 Å². The van der Waals surface area contributed by atoms with Crippen LogP contribution >= 0.6 is 11.3 Å². The van der Waals surface area contributed by atoms with E-state index < -0.39 is 10.0 Å². The molecule has 8 heteroatoms. The second kappa shape index (κ2) is 7.33. The summed E-state index contributed by atoms with van der Waals surface area (Å²) in [7, 11) is -3.54. The third kappa shape index (κ3) is 3.93. The molecule has 6 nitrogen and oxygen atoms in total. The summed E-state index contributed by atoms with van der Waals surface area (Å²) in [5.74, 6) is 0.266. The first-order valence-electron chi connectivity index (χ1n) is 9.33. The average molecular weight is 406 g/mol. The molecule has 0 unspecified atom stereocenters. The summed E-state index contributed by atoms with van der Waals surface area (Å²) in [5, 5.41) is 3.83. The molecule has 1 amide bonds. The summed E-state index contributed by atoms with van der Waals surface area (Å²) < 4.78 is 27.6. The molecule has 2 aromatic rings. The van der Waals surface area contributed by atoms with Crippen molar-refractivity contribution in [3.05, 3.63) is 39.8 Å². The molecule has 0 spiro atoms. The number of rotatable bonds is 5. The van der Waals surface area contributed by atoms with Gasteiger partial charge in [-0.2, -0.15) is 4.31 Å². The monoisotopic (exact) mass is 405 g/mol. The lowest BCUT2D eigenvalue weighted by molar-refractivity contribution is 0.103. The first-order valence-corrected chi connectivity index (χ1v) is 11.6. The third-order valence-corrected chi connectivity index (χ3v) is 8.25. The lowest BCUT2D eigenvalue weighted by atomic mass is 10.2. The molecule has 1 aliphatic carbocycles. The van der Waals surface area contributed by atoms with E-state index >= 15 is 0 Å². The van der Waals surface area contributed by atoms with Crippen molar-refractivity contribution in [2.75, 3.05) is 18.4 Å². The predicted octanol–water partition coefficient (Wildman–Crippen LogP) is 3.76. The third-order valence-electron chi connectivity index (χ3n) is 5.05. The van der Waals surface area contributed by atoms with E-state index in [1.54, 1.807) is 35.6 Å². The van der Waals surface area contributed by atoms with Gasteiger partial charge < -0.3 is 5.32 Å². The average Bonchev–Trinajstić information content (AvgIpc) is 3.40. The van der Waals surface area contributed by atoms with Crippen LogP contribution in [0, 0.1) is 6.92 Å². The number of sulfonamides is 1. The summed E-state index contributed by atoms with van der Waals surface area (Å²) in [5.41, 5.74) is 1.18. The minimum Gasteiger partial charge on any atom is -0.321 e. The first-order chi connectivity index (χ1) is 12.9. The van der Waals surface area contributed by atoms with Crippen LogP contribution in [0.2, 0.25) is 0 Å². The molecule has 4 rings (SSSR count). The van der Waals surface area contributed by atoms with E-state index in [9.17, 15) is 13.2 Å². The fourth-order valence-electron chi connectivity index (χ4n) is 3.30. The number of carbonyl (C=O) groups is 1.